The van der Waals surface area contributed by atoms with Crippen molar-refractivity contribution in [3.63, 3.8) is 0 Å². The Labute approximate surface area is 162 Å². The van der Waals surface area contributed by atoms with E-state index in [4.69, 9.17) is 9.47 Å². The summed E-state index contributed by atoms with van der Waals surface area (Å²) in [6.07, 6.45) is 5.04. The summed E-state index contributed by atoms with van der Waals surface area (Å²) in [5.41, 5.74) is 2.18. The molecule has 0 heterocycles. The lowest BCUT2D eigenvalue weighted by Gasteiger charge is -2.38. The molecule has 5 heteroatoms. The standard InChI is InChI=1S/C22H34O5/c1-13(2)14-6-8-21(3)11-17-15(7-9-22(17,25)12-26-4)19(20(24)27-5)18(23)10-16(14)21/h11,13,15,18-19,23,25H,6-10,12H2,1-5H3/b17-11+/t15-,18-,19+,21-,22+/m1/s1. The van der Waals surface area contributed by atoms with Crippen LogP contribution in [0.3, 0.4) is 0 Å². The number of allylic oxidation sites excluding steroid dienone is 2. The first kappa shape index (κ1) is 20.6. The van der Waals surface area contributed by atoms with E-state index in [0.717, 1.165) is 18.4 Å². The Balaban J connectivity index is 2.18. The van der Waals surface area contributed by atoms with Crippen molar-refractivity contribution in [3.05, 3.63) is 22.8 Å². The predicted molar refractivity (Wildman–Crippen MR) is 103 cm³/mol. The van der Waals surface area contributed by atoms with Gasteiger partial charge >= 0.3 is 5.97 Å². The second-order valence-corrected chi connectivity index (χ2v) is 9.11. The molecule has 1 fully saturated rings. The Bertz CT molecular complexity index is 664. The van der Waals surface area contributed by atoms with Crippen LogP contribution in [0.1, 0.15) is 52.9 Å². The summed E-state index contributed by atoms with van der Waals surface area (Å²) in [7, 11) is 2.95. The van der Waals surface area contributed by atoms with E-state index in [1.54, 1.807) is 7.11 Å². The van der Waals surface area contributed by atoms with E-state index in [1.165, 1.54) is 18.3 Å². The SMILES string of the molecule is COC[C@@]1(O)CC[C@@H]2/C1=C\[C@@]1(C)CCC(C(C)C)=C1C[C@@H](O)[C@H]2C(=O)OC. The molecule has 5 nitrogen and oxygen atoms in total. The molecule has 0 aromatic carbocycles. The van der Waals surface area contributed by atoms with E-state index in [-0.39, 0.29) is 17.9 Å². The average molecular weight is 379 g/mol. The van der Waals surface area contributed by atoms with E-state index >= 15 is 0 Å². The number of fused-ring (bicyclic) bond motifs is 2. The van der Waals surface area contributed by atoms with Crippen LogP contribution in [-0.2, 0) is 14.3 Å². The van der Waals surface area contributed by atoms with Crippen molar-refractivity contribution in [2.24, 2.45) is 23.2 Å². The molecule has 0 amide bonds. The molecule has 0 saturated heterocycles. The summed E-state index contributed by atoms with van der Waals surface area (Å²) in [5.74, 6) is -0.860. The number of aliphatic hydroxyl groups excluding tert-OH is 1. The Hall–Kier alpha value is -1.17. The quantitative estimate of drug-likeness (QED) is 0.581. The number of hydrogen-bond donors (Lipinski definition) is 2. The summed E-state index contributed by atoms with van der Waals surface area (Å²) in [4.78, 5) is 12.6. The van der Waals surface area contributed by atoms with E-state index in [2.05, 4.69) is 26.8 Å². The van der Waals surface area contributed by atoms with E-state index in [1.807, 2.05) is 0 Å². The van der Waals surface area contributed by atoms with Gasteiger partial charge in [-0.05, 0) is 49.5 Å². The Kier molecular flexibility index (Phi) is 5.59. The fourth-order valence-corrected chi connectivity index (χ4v) is 5.68. The fourth-order valence-electron chi connectivity index (χ4n) is 5.68. The molecule has 3 rings (SSSR count). The van der Waals surface area contributed by atoms with Gasteiger partial charge < -0.3 is 19.7 Å². The summed E-state index contributed by atoms with van der Waals surface area (Å²) in [5, 5.41) is 22.4. The highest BCUT2D eigenvalue weighted by atomic mass is 16.5. The molecular formula is C22H34O5. The first-order chi connectivity index (χ1) is 12.7. The van der Waals surface area contributed by atoms with Crippen LogP contribution >= 0.6 is 0 Å². The number of ether oxygens (including phenoxy) is 2. The predicted octanol–water partition coefficient (Wildman–Crippen LogP) is 3.01. The zero-order chi connectivity index (χ0) is 20.0. The van der Waals surface area contributed by atoms with Crippen molar-refractivity contribution in [3.8, 4) is 0 Å². The van der Waals surface area contributed by atoms with Crippen molar-refractivity contribution in [2.75, 3.05) is 20.8 Å². The first-order valence-corrected chi connectivity index (χ1v) is 10.1. The number of rotatable bonds is 4. The molecule has 0 spiro atoms. The molecule has 5 atom stereocenters. The molecule has 1 saturated carbocycles. The summed E-state index contributed by atoms with van der Waals surface area (Å²) < 4.78 is 10.4. The van der Waals surface area contributed by atoms with Crippen LogP contribution in [0.2, 0.25) is 0 Å². The lowest BCUT2D eigenvalue weighted by atomic mass is 9.69. The number of aliphatic hydroxyl groups is 2. The number of esters is 1. The first-order valence-electron chi connectivity index (χ1n) is 10.1. The second kappa shape index (κ2) is 7.34. The minimum Gasteiger partial charge on any atom is -0.469 e. The van der Waals surface area contributed by atoms with E-state index < -0.39 is 23.6 Å². The highest BCUT2D eigenvalue weighted by molar-refractivity contribution is 5.74. The molecule has 2 N–H and O–H groups in total. The van der Waals surface area contributed by atoms with Crippen molar-refractivity contribution >= 4 is 5.97 Å². The monoisotopic (exact) mass is 378 g/mol. The molecule has 152 valence electrons. The Morgan fingerprint density at radius 2 is 2.04 bits per heavy atom. The minimum absolute atomic E-state index is 0.193. The molecule has 0 unspecified atom stereocenters. The third kappa shape index (κ3) is 3.39. The van der Waals surface area contributed by atoms with Crippen LogP contribution in [0.15, 0.2) is 22.8 Å². The second-order valence-electron chi connectivity index (χ2n) is 9.11. The third-order valence-electron chi connectivity index (χ3n) is 7.09. The van der Waals surface area contributed by atoms with Gasteiger partial charge in [0.1, 0.15) is 5.60 Å². The summed E-state index contributed by atoms with van der Waals surface area (Å²) in [6.45, 7) is 6.78. The maximum Gasteiger partial charge on any atom is 0.311 e. The van der Waals surface area contributed by atoms with Gasteiger partial charge in [-0.1, -0.05) is 38.0 Å². The van der Waals surface area contributed by atoms with Gasteiger partial charge in [0, 0.05) is 12.5 Å². The maximum atomic E-state index is 12.6. The van der Waals surface area contributed by atoms with Crippen molar-refractivity contribution in [1.82, 2.24) is 0 Å². The zero-order valence-electron chi connectivity index (χ0n) is 17.2. The van der Waals surface area contributed by atoms with Gasteiger partial charge in [0.05, 0.1) is 25.7 Å². The van der Waals surface area contributed by atoms with Gasteiger partial charge in [0.15, 0.2) is 0 Å². The van der Waals surface area contributed by atoms with Gasteiger partial charge in [0.2, 0.25) is 0 Å². The molecule has 0 radical (unpaired) electrons. The molecule has 27 heavy (non-hydrogen) atoms. The highest BCUT2D eigenvalue weighted by Crippen LogP contribution is 2.55. The van der Waals surface area contributed by atoms with E-state index in [9.17, 15) is 15.0 Å². The Morgan fingerprint density at radius 1 is 1.33 bits per heavy atom. The molecule has 0 bridgehead atoms. The molecule has 0 aromatic heterocycles. The zero-order valence-corrected chi connectivity index (χ0v) is 17.2. The average Bonchev–Trinajstić information content (AvgIpc) is 3.06. The largest absolute Gasteiger partial charge is 0.469 e. The van der Waals surface area contributed by atoms with Gasteiger partial charge in [0.25, 0.3) is 0 Å². The van der Waals surface area contributed by atoms with E-state index in [0.29, 0.717) is 25.2 Å². The summed E-state index contributed by atoms with van der Waals surface area (Å²) >= 11 is 0. The van der Waals surface area contributed by atoms with Crippen LogP contribution in [0.25, 0.3) is 0 Å². The lowest BCUT2D eigenvalue weighted by molar-refractivity contribution is -0.151. The summed E-state index contributed by atoms with van der Waals surface area (Å²) in [6, 6.07) is 0. The lowest BCUT2D eigenvalue weighted by Crippen LogP contribution is -2.42. The van der Waals surface area contributed by atoms with Crippen LogP contribution < -0.4 is 0 Å². The van der Waals surface area contributed by atoms with Crippen LogP contribution in [0.4, 0.5) is 0 Å². The van der Waals surface area contributed by atoms with Crippen molar-refractivity contribution in [1.29, 1.82) is 0 Å². The number of methoxy groups -OCH3 is 2. The fraction of sp³-hybridized carbons (Fsp3) is 0.773. The maximum absolute atomic E-state index is 12.6. The van der Waals surface area contributed by atoms with Crippen LogP contribution in [0, 0.1) is 23.2 Å². The van der Waals surface area contributed by atoms with Crippen LogP contribution in [-0.4, -0.2) is 48.7 Å². The topological polar surface area (TPSA) is 76.0 Å². The van der Waals surface area contributed by atoms with Crippen molar-refractivity contribution in [2.45, 2.75) is 64.6 Å². The highest BCUT2D eigenvalue weighted by Gasteiger charge is 2.53. The smallest absolute Gasteiger partial charge is 0.311 e. The number of carbonyl (C=O) groups is 1. The molecule has 0 aliphatic heterocycles. The van der Waals surface area contributed by atoms with Crippen molar-refractivity contribution < 1.29 is 24.5 Å². The third-order valence-corrected chi connectivity index (χ3v) is 7.09. The molecule has 3 aliphatic rings. The number of carbonyl (C=O) groups excluding carboxylic acids is 1. The van der Waals surface area contributed by atoms with Gasteiger partial charge in [-0.25, -0.2) is 0 Å². The van der Waals surface area contributed by atoms with Crippen LogP contribution in [0.5, 0.6) is 0 Å². The van der Waals surface area contributed by atoms with Gasteiger partial charge in [-0.2, -0.15) is 0 Å². The van der Waals surface area contributed by atoms with Gasteiger partial charge in [-0.15, -0.1) is 0 Å². The molecule has 3 aliphatic carbocycles. The molecular weight excluding hydrogens is 344 g/mol. The normalized spacial score (nSPS) is 40.9. The van der Waals surface area contributed by atoms with Gasteiger partial charge in [-0.3, -0.25) is 4.79 Å². The number of hydrogen-bond acceptors (Lipinski definition) is 5. The Morgan fingerprint density at radius 3 is 2.63 bits per heavy atom. The molecule has 0 aromatic rings. The minimum atomic E-state index is -1.09.